The average Bonchev–Trinajstić information content (AvgIpc) is 3.77. The largest absolute Gasteiger partial charge is 0.341 e. The summed E-state index contributed by atoms with van der Waals surface area (Å²) in [4.78, 5) is 16.8. The quantitative estimate of drug-likeness (QED) is 0.216. The van der Waals surface area contributed by atoms with E-state index in [1.54, 1.807) is 0 Å². The molecule has 8 rings (SSSR count). The van der Waals surface area contributed by atoms with Crippen molar-refractivity contribution >= 4 is 32.8 Å². The van der Waals surface area contributed by atoms with E-state index in [4.69, 9.17) is 9.97 Å². The third kappa shape index (κ3) is 3.80. The van der Waals surface area contributed by atoms with Crippen LogP contribution >= 0.6 is 0 Å². The normalized spacial score (nSPS) is 19.8. The molecule has 2 fully saturated rings. The fraction of sp³-hybridized carbons (Fsp3) is 0.250. The third-order valence-electron chi connectivity index (χ3n) is 8.29. The van der Waals surface area contributed by atoms with Gasteiger partial charge < -0.3 is 20.6 Å². The summed E-state index contributed by atoms with van der Waals surface area (Å²) in [6.07, 6.45) is 4.71. The number of hydrogen-bond acceptors (Lipinski definition) is 4. The van der Waals surface area contributed by atoms with E-state index in [-0.39, 0.29) is 0 Å². The van der Waals surface area contributed by atoms with E-state index in [0.717, 1.165) is 59.6 Å². The van der Waals surface area contributed by atoms with Gasteiger partial charge in [-0.1, -0.05) is 36.4 Å². The lowest BCUT2D eigenvalue weighted by Crippen LogP contribution is -2.13. The first-order chi connectivity index (χ1) is 18.8. The van der Waals surface area contributed by atoms with Crippen LogP contribution in [-0.2, 0) is 0 Å². The first-order valence-corrected chi connectivity index (χ1v) is 13.8. The van der Waals surface area contributed by atoms with E-state index in [9.17, 15) is 0 Å². The molecule has 2 saturated heterocycles. The molecule has 0 radical (unpaired) electrons. The predicted octanol–water partition coefficient (Wildman–Crippen LogP) is 6.78. The van der Waals surface area contributed by atoms with Crippen LogP contribution in [-0.4, -0.2) is 33.0 Å². The van der Waals surface area contributed by atoms with Crippen LogP contribution < -0.4 is 10.6 Å². The van der Waals surface area contributed by atoms with Gasteiger partial charge in [0.2, 0.25) is 0 Å². The van der Waals surface area contributed by atoms with Crippen LogP contribution in [0.5, 0.6) is 0 Å². The SMILES string of the molecule is c1cc2ccc(-c3ccc4nc(C5CCCN5)[nH]c4c3)cc2cc1-c1ccc2[nH]c([C@@H]3CCCN3)nc2c1. The van der Waals surface area contributed by atoms with Crippen LogP contribution in [0.3, 0.4) is 0 Å². The molecule has 4 N–H and O–H groups in total. The number of nitrogens with one attached hydrogen (secondary N) is 4. The molecule has 1 unspecified atom stereocenters. The van der Waals surface area contributed by atoms with Gasteiger partial charge >= 0.3 is 0 Å². The molecule has 2 aromatic heterocycles. The summed E-state index contributed by atoms with van der Waals surface area (Å²) in [5, 5.41) is 9.56. The summed E-state index contributed by atoms with van der Waals surface area (Å²) >= 11 is 0. The van der Waals surface area contributed by atoms with Crippen molar-refractivity contribution < 1.29 is 0 Å². The first kappa shape index (κ1) is 22.0. The number of aromatic nitrogens is 4. The summed E-state index contributed by atoms with van der Waals surface area (Å²) in [5.41, 5.74) is 9.06. The monoisotopic (exact) mass is 498 g/mol. The van der Waals surface area contributed by atoms with Gasteiger partial charge in [-0.3, -0.25) is 0 Å². The van der Waals surface area contributed by atoms with Gasteiger partial charge in [0.1, 0.15) is 11.6 Å². The topological polar surface area (TPSA) is 81.4 Å². The highest BCUT2D eigenvalue weighted by molar-refractivity contribution is 5.93. The molecular weight excluding hydrogens is 468 g/mol. The molecule has 188 valence electrons. The van der Waals surface area contributed by atoms with E-state index >= 15 is 0 Å². The Morgan fingerprint density at radius 2 is 1.11 bits per heavy atom. The minimum Gasteiger partial charge on any atom is -0.341 e. The van der Waals surface area contributed by atoms with Gasteiger partial charge in [0.05, 0.1) is 34.2 Å². The number of fused-ring (bicyclic) bond motifs is 3. The maximum Gasteiger partial charge on any atom is 0.124 e. The minimum absolute atomic E-state index is 0.344. The molecule has 6 aromatic rings. The molecule has 0 spiro atoms. The second kappa shape index (κ2) is 8.79. The number of benzene rings is 4. The Morgan fingerprint density at radius 3 is 1.79 bits per heavy atom. The van der Waals surface area contributed by atoms with Crippen molar-refractivity contribution in [1.82, 2.24) is 30.6 Å². The van der Waals surface area contributed by atoms with Gasteiger partial charge in [-0.25, -0.2) is 9.97 Å². The fourth-order valence-electron chi connectivity index (χ4n) is 6.19. The summed E-state index contributed by atoms with van der Waals surface area (Å²) < 4.78 is 0. The van der Waals surface area contributed by atoms with Crippen LogP contribution in [0.15, 0.2) is 72.8 Å². The fourth-order valence-corrected chi connectivity index (χ4v) is 6.19. The van der Waals surface area contributed by atoms with Crippen molar-refractivity contribution in [1.29, 1.82) is 0 Å². The molecule has 4 heterocycles. The van der Waals surface area contributed by atoms with Gasteiger partial charge in [-0.2, -0.15) is 0 Å². The molecule has 2 aliphatic rings. The Kier molecular flexibility index (Phi) is 5.10. The van der Waals surface area contributed by atoms with Crippen LogP contribution in [0.1, 0.15) is 49.4 Å². The van der Waals surface area contributed by atoms with Crippen LogP contribution in [0.25, 0.3) is 55.1 Å². The maximum atomic E-state index is 4.92. The first-order valence-electron chi connectivity index (χ1n) is 13.8. The standard InChI is InChI=1S/C32H30N6/c1-3-27(33-13-1)31-35-25-11-9-22(17-29(25)37-31)20-7-5-19-6-8-21(16-24(19)15-20)23-10-12-26-30(18-23)38-32(36-26)28-4-2-14-34-28/h5-12,15-18,27-28,33-34H,1-4,13-14H2,(H,35,37)(H,36,38)/t27-,28?/m0/s1. The van der Waals surface area contributed by atoms with Crippen molar-refractivity contribution in [2.45, 2.75) is 37.8 Å². The highest BCUT2D eigenvalue weighted by Crippen LogP contribution is 2.32. The lowest BCUT2D eigenvalue weighted by atomic mass is 9.97. The molecule has 38 heavy (non-hydrogen) atoms. The number of nitrogens with zero attached hydrogens (tertiary/aromatic N) is 2. The van der Waals surface area contributed by atoms with Crippen molar-refractivity contribution in [3.05, 3.63) is 84.4 Å². The zero-order valence-corrected chi connectivity index (χ0v) is 21.2. The Balaban J connectivity index is 1.13. The van der Waals surface area contributed by atoms with E-state index in [1.165, 1.54) is 45.9 Å². The molecule has 0 aliphatic carbocycles. The van der Waals surface area contributed by atoms with Gasteiger partial charge in [0, 0.05) is 0 Å². The average molecular weight is 499 g/mol. The molecule has 2 aliphatic heterocycles. The summed E-state index contributed by atoms with van der Waals surface area (Å²) in [7, 11) is 0. The van der Waals surface area contributed by atoms with Gasteiger partial charge in [-0.15, -0.1) is 0 Å². The molecule has 6 nitrogen and oxygen atoms in total. The zero-order chi connectivity index (χ0) is 25.1. The maximum absolute atomic E-state index is 4.92. The van der Waals surface area contributed by atoms with Gasteiger partial charge in [-0.05, 0) is 108 Å². The van der Waals surface area contributed by atoms with Crippen molar-refractivity contribution in [3.63, 3.8) is 0 Å². The summed E-state index contributed by atoms with van der Waals surface area (Å²) in [5.74, 6) is 2.11. The Hall–Kier alpha value is -4.00. The molecule has 0 saturated carbocycles. The highest BCUT2D eigenvalue weighted by Gasteiger charge is 2.20. The van der Waals surface area contributed by atoms with Crippen LogP contribution in [0.4, 0.5) is 0 Å². The molecule has 0 bridgehead atoms. The highest BCUT2D eigenvalue weighted by atomic mass is 15.0. The molecule has 6 heteroatoms. The number of H-pyrrole nitrogens is 2. The Labute approximate surface area is 220 Å². The lowest BCUT2D eigenvalue weighted by molar-refractivity contribution is 0.614. The van der Waals surface area contributed by atoms with E-state index in [1.807, 2.05) is 0 Å². The smallest absolute Gasteiger partial charge is 0.124 e. The second-order valence-corrected chi connectivity index (χ2v) is 10.8. The molecule has 4 aromatic carbocycles. The lowest BCUT2D eigenvalue weighted by Gasteiger charge is -2.08. The Bertz CT molecular complexity index is 1670. The van der Waals surface area contributed by atoms with Crippen LogP contribution in [0.2, 0.25) is 0 Å². The van der Waals surface area contributed by atoms with Crippen LogP contribution in [0, 0.1) is 0 Å². The van der Waals surface area contributed by atoms with Gasteiger partial charge in [0.15, 0.2) is 0 Å². The summed E-state index contributed by atoms with van der Waals surface area (Å²) in [6.45, 7) is 2.14. The van der Waals surface area contributed by atoms with E-state index < -0.39 is 0 Å². The number of rotatable bonds is 4. The predicted molar refractivity (Wildman–Crippen MR) is 154 cm³/mol. The van der Waals surface area contributed by atoms with E-state index in [0.29, 0.717) is 12.1 Å². The molecular formula is C32H30N6. The van der Waals surface area contributed by atoms with Crippen molar-refractivity contribution in [2.75, 3.05) is 13.1 Å². The van der Waals surface area contributed by atoms with Gasteiger partial charge in [0.25, 0.3) is 0 Å². The number of imidazole rings is 2. The second-order valence-electron chi connectivity index (χ2n) is 10.8. The molecule has 2 atom stereocenters. The third-order valence-corrected chi connectivity index (χ3v) is 8.29. The minimum atomic E-state index is 0.344. The zero-order valence-electron chi connectivity index (χ0n) is 21.2. The van der Waals surface area contributed by atoms with Crippen molar-refractivity contribution in [3.8, 4) is 22.3 Å². The Morgan fingerprint density at radius 1 is 0.526 bits per heavy atom. The van der Waals surface area contributed by atoms with Crippen molar-refractivity contribution in [2.24, 2.45) is 0 Å². The van der Waals surface area contributed by atoms with E-state index in [2.05, 4.69) is 93.4 Å². The number of aromatic amines is 2. The molecule has 0 amide bonds. The summed E-state index contributed by atoms with van der Waals surface area (Å²) in [6, 6.07) is 27.3. The number of hydrogen-bond donors (Lipinski definition) is 4.